The Morgan fingerprint density at radius 2 is 2.04 bits per heavy atom. The Morgan fingerprint density at radius 3 is 2.71 bits per heavy atom. The largest absolute Gasteiger partial charge is 0.495 e. The third-order valence-corrected chi connectivity index (χ3v) is 4.27. The van der Waals surface area contributed by atoms with Gasteiger partial charge in [0.2, 0.25) is 0 Å². The molecular weight excluding hydrogens is 306 g/mol. The number of para-hydroxylation sites is 2. The first-order valence-corrected chi connectivity index (χ1v) is 7.63. The number of aromatic nitrogens is 1. The van der Waals surface area contributed by atoms with E-state index >= 15 is 0 Å². The molecule has 1 aromatic heterocycles. The summed E-state index contributed by atoms with van der Waals surface area (Å²) in [7, 11) is 1.52. The molecule has 0 unspecified atom stereocenters. The lowest BCUT2D eigenvalue weighted by atomic mass is 9.89. The van der Waals surface area contributed by atoms with Gasteiger partial charge < -0.3 is 15.2 Å². The summed E-state index contributed by atoms with van der Waals surface area (Å²) in [6.07, 6.45) is 0.470. The second kappa shape index (κ2) is 5.69. The number of nitrogens with zero attached hydrogens (tertiary/aromatic N) is 2. The first-order valence-electron chi connectivity index (χ1n) is 7.63. The predicted molar refractivity (Wildman–Crippen MR) is 90.3 cm³/mol. The van der Waals surface area contributed by atoms with E-state index < -0.39 is 5.60 Å². The molecule has 0 amide bonds. The van der Waals surface area contributed by atoms with Crippen LogP contribution < -0.4 is 16.0 Å². The molecule has 0 fully saturated rings. The molecule has 2 N–H and O–H groups in total. The van der Waals surface area contributed by atoms with Gasteiger partial charge in [-0.25, -0.2) is 0 Å². The monoisotopic (exact) mass is 325 g/mol. The SMILES string of the molecule is COc1ccccc1-n1c(N)c(C#N)c2c(c1=O)COC(C)(C)C2. The fourth-order valence-electron chi connectivity index (χ4n) is 3.06. The summed E-state index contributed by atoms with van der Waals surface area (Å²) in [5.41, 5.74) is 7.49. The number of nitrogens with two attached hydrogens (primary N) is 1. The third-order valence-electron chi connectivity index (χ3n) is 4.27. The number of pyridine rings is 1. The molecule has 2 heterocycles. The average Bonchev–Trinajstić information content (AvgIpc) is 2.55. The quantitative estimate of drug-likeness (QED) is 0.913. The van der Waals surface area contributed by atoms with Crippen molar-refractivity contribution in [3.63, 3.8) is 0 Å². The molecule has 0 saturated heterocycles. The Morgan fingerprint density at radius 1 is 1.33 bits per heavy atom. The summed E-state index contributed by atoms with van der Waals surface area (Å²) >= 11 is 0. The van der Waals surface area contributed by atoms with E-state index in [1.165, 1.54) is 11.7 Å². The molecule has 124 valence electrons. The second-order valence-corrected chi connectivity index (χ2v) is 6.37. The number of fused-ring (bicyclic) bond motifs is 1. The Balaban J connectivity index is 2.35. The number of nitrogen functional groups attached to an aromatic ring is 1. The van der Waals surface area contributed by atoms with Crippen LogP contribution in [0.3, 0.4) is 0 Å². The summed E-state index contributed by atoms with van der Waals surface area (Å²) < 4.78 is 12.4. The minimum Gasteiger partial charge on any atom is -0.495 e. The van der Waals surface area contributed by atoms with Crippen LogP contribution in [0.2, 0.25) is 0 Å². The van der Waals surface area contributed by atoms with Gasteiger partial charge in [0.05, 0.1) is 30.6 Å². The van der Waals surface area contributed by atoms with Crippen LogP contribution in [0.4, 0.5) is 5.82 Å². The Labute approximate surface area is 140 Å². The zero-order chi connectivity index (χ0) is 17.5. The number of nitriles is 1. The van der Waals surface area contributed by atoms with Crippen molar-refractivity contribution in [1.82, 2.24) is 4.57 Å². The Hall–Kier alpha value is -2.78. The van der Waals surface area contributed by atoms with Gasteiger partial charge in [0, 0.05) is 12.0 Å². The number of benzene rings is 1. The van der Waals surface area contributed by atoms with Gasteiger partial charge in [0.1, 0.15) is 17.6 Å². The highest BCUT2D eigenvalue weighted by atomic mass is 16.5. The maximum atomic E-state index is 13.0. The number of methoxy groups -OCH3 is 1. The van der Waals surface area contributed by atoms with Crippen LogP contribution in [-0.2, 0) is 17.8 Å². The molecule has 6 nitrogen and oxygen atoms in total. The molecule has 3 rings (SSSR count). The van der Waals surface area contributed by atoms with Crippen molar-refractivity contribution < 1.29 is 9.47 Å². The van der Waals surface area contributed by atoms with Crippen molar-refractivity contribution >= 4 is 5.82 Å². The normalized spacial score (nSPS) is 15.4. The zero-order valence-corrected chi connectivity index (χ0v) is 13.9. The highest BCUT2D eigenvalue weighted by Gasteiger charge is 2.32. The Bertz CT molecular complexity index is 907. The minimum atomic E-state index is -0.436. The van der Waals surface area contributed by atoms with Crippen molar-refractivity contribution in [2.75, 3.05) is 12.8 Å². The summed E-state index contributed by atoms with van der Waals surface area (Å²) in [6.45, 7) is 4.02. The molecule has 6 heteroatoms. The molecule has 0 spiro atoms. The highest BCUT2D eigenvalue weighted by molar-refractivity contribution is 5.62. The van der Waals surface area contributed by atoms with Gasteiger partial charge in [0.25, 0.3) is 5.56 Å². The van der Waals surface area contributed by atoms with Crippen molar-refractivity contribution in [1.29, 1.82) is 5.26 Å². The van der Waals surface area contributed by atoms with Crippen LogP contribution in [0.25, 0.3) is 5.69 Å². The minimum absolute atomic E-state index is 0.128. The first kappa shape index (κ1) is 16.1. The summed E-state index contributed by atoms with van der Waals surface area (Å²) in [4.78, 5) is 13.0. The van der Waals surface area contributed by atoms with E-state index in [2.05, 4.69) is 6.07 Å². The van der Waals surface area contributed by atoms with Crippen LogP contribution in [0.1, 0.15) is 30.5 Å². The maximum absolute atomic E-state index is 13.0. The summed E-state index contributed by atoms with van der Waals surface area (Å²) in [6, 6.07) is 9.22. The van der Waals surface area contributed by atoms with Gasteiger partial charge in [-0.2, -0.15) is 5.26 Å². The summed E-state index contributed by atoms with van der Waals surface area (Å²) in [5.74, 6) is 0.635. The average molecular weight is 325 g/mol. The van der Waals surface area contributed by atoms with Gasteiger partial charge in [0.15, 0.2) is 0 Å². The third kappa shape index (κ3) is 2.43. The molecule has 1 aromatic carbocycles. The molecule has 0 saturated carbocycles. The topological polar surface area (TPSA) is 90.3 Å². The van der Waals surface area contributed by atoms with Crippen LogP contribution in [0, 0.1) is 11.3 Å². The zero-order valence-electron chi connectivity index (χ0n) is 13.9. The molecule has 2 aromatic rings. The van der Waals surface area contributed by atoms with Crippen molar-refractivity contribution in [2.24, 2.45) is 0 Å². The van der Waals surface area contributed by atoms with Gasteiger partial charge in [-0.05, 0) is 31.5 Å². The van der Waals surface area contributed by atoms with Crippen LogP contribution in [0.5, 0.6) is 5.75 Å². The number of hydrogen-bond donors (Lipinski definition) is 1. The smallest absolute Gasteiger partial charge is 0.262 e. The number of ether oxygens (including phenoxy) is 2. The van der Waals surface area contributed by atoms with Gasteiger partial charge >= 0.3 is 0 Å². The Kier molecular flexibility index (Phi) is 3.82. The lowest BCUT2D eigenvalue weighted by Crippen LogP contribution is -2.38. The van der Waals surface area contributed by atoms with Crippen molar-refractivity contribution in [3.8, 4) is 17.5 Å². The standard InChI is InChI=1S/C18H19N3O3/c1-18(2)8-11-12(9-19)16(20)21(17(22)13(11)10-24-18)14-6-4-5-7-15(14)23-3/h4-7H,8,10,20H2,1-3H3. The van der Waals surface area contributed by atoms with Gasteiger partial charge in [-0.3, -0.25) is 9.36 Å². The lowest BCUT2D eigenvalue weighted by Gasteiger charge is -2.32. The van der Waals surface area contributed by atoms with E-state index in [0.29, 0.717) is 34.5 Å². The second-order valence-electron chi connectivity index (χ2n) is 6.37. The van der Waals surface area contributed by atoms with E-state index in [-0.39, 0.29) is 18.0 Å². The highest BCUT2D eigenvalue weighted by Crippen LogP contribution is 2.32. The molecule has 0 atom stereocenters. The summed E-state index contributed by atoms with van der Waals surface area (Å²) in [5, 5.41) is 9.62. The van der Waals surface area contributed by atoms with E-state index in [0.717, 1.165) is 0 Å². The van der Waals surface area contributed by atoms with Crippen LogP contribution in [0.15, 0.2) is 29.1 Å². The molecule has 0 bridgehead atoms. The van der Waals surface area contributed by atoms with Crippen molar-refractivity contribution in [3.05, 3.63) is 51.3 Å². The lowest BCUT2D eigenvalue weighted by molar-refractivity contribution is -0.0408. The molecule has 0 radical (unpaired) electrons. The van der Waals surface area contributed by atoms with E-state index in [1.54, 1.807) is 24.3 Å². The maximum Gasteiger partial charge on any atom is 0.262 e. The fraction of sp³-hybridized carbons (Fsp3) is 0.333. The van der Waals surface area contributed by atoms with Crippen molar-refractivity contribution in [2.45, 2.75) is 32.5 Å². The predicted octanol–water partition coefficient (Wildman–Crippen LogP) is 2.15. The molecular formula is C18H19N3O3. The number of hydrogen-bond acceptors (Lipinski definition) is 5. The molecule has 24 heavy (non-hydrogen) atoms. The van der Waals surface area contributed by atoms with E-state index in [9.17, 15) is 10.1 Å². The number of rotatable bonds is 2. The van der Waals surface area contributed by atoms with Crippen LogP contribution in [-0.4, -0.2) is 17.3 Å². The molecule has 1 aliphatic heterocycles. The molecule has 1 aliphatic rings. The molecule has 0 aliphatic carbocycles. The first-order chi connectivity index (χ1) is 11.4. The van der Waals surface area contributed by atoms with E-state index in [4.69, 9.17) is 15.2 Å². The van der Waals surface area contributed by atoms with Gasteiger partial charge in [-0.1, -0.05) is 12.1 Å². The fourth-order valence-corrected chi connectivity index (χ4v) is 3.06. The van der Waals surface area contributed by atoms with E-state index in [1.807, 2.05) is 13.8 Å². The van der Waals surface area contributed by atoms with Gasteiger partial charge in [-0.15, -0.1) is 0 Å². The number of anilines is 1. The van der Waals surface area contributed by atoms with Crippen LogP contribution >= 0.6 is 0 Å².